The lowest BCUT2D eigenvalue weighted by Crippen LogP contribution is -2.37. The minimum atomic E-state index is -0.564. The van der Waals surface area contributed by atoms with Gasteiger partial charge in [0.15, 0.2) is 6.10 Å². The molecule has 146 valence electrons. The SMILES string of the molecule is C[C@@H](Oc1cccc2ccccc12)C(=O)NCCSCc1ccc(Cl)c(Cl)c1. The highest BCUT2D eigenvalue weighted by Gasteiger charge is 2.15. The Kier molecular flexibility index (Phi) is 7.49. The number of rotatable bonds is 8. The number of ether oxygens (including phenoxy) is 1. The van der Waals surface area contributed by atoms with Gasteiger partial charge in [0.25, 0.3) is 5.91 Å². The van der Waals surface area contributed by atoms with Crippen molar-refractivity contribution in [3.05, 3.63) is 76.3 Å². The minimum absolute atomic E-state index is 0.122. The third kappa shape index (κ3) is 5.57. The maximum atomic E-state index is 12.3. The number of hydrogen-bond acceptors (Lipinski definition) is 3. The van der Waals surface area contributed by atoms with Crippen LogP contribution in [0.1, 0.15) is 12.5 Å². The van der Waals surface area contributed by atoms with Crippen molar-refractivity contribution < 1.29 is 9.53 Å². The smallest absolute Gasteiger partial charge is 0.260 e. The summed E-state index contributed by atoms with van der Waals surface area (Å²) in [6, 6.07) is 19.4. The van der Waals surface area contributed by atoms with Gasteiger partial charge in [-0.15, -0.1) is 0 Å². The van der Waals surface area contributed by atoms with E-state index in [1.54, 1.807) is 24.8 Å². The summed E-state index contributed by atoms with van der Waals surface area (Å²) in [5.41, 5.74) is 1.11. The lowest BCUT2D eigenvalue weighted by atomic mass is 10.1. The van der Waals surface area contributed by atoms with E-state index in [1.807, 2.05) is 54.6 Å². The minimum Gasteiger partial charge on any atom is -0.480 e. The Hall–Kier alpha value is -1.88. The highest BCUT2D eigenvalue weighted by Crippen LogP contribution is 2.26. The topological polar surface area (TPSA) is 38.3 Å². The van der Waals surface area contributed by atoms with E-state index in [1.165, 1.54) is 0 Å². The van der Waals surface area contributed by atoms with Gasteiger partial charge in [-0.1, -0.05) is 65.7 Å². The third-order valence-electron chi connectivity index (χ3n) is 4.22. The molecule has 1 atom stereocenters. The molecule has 0 radical (unpaired) electrons. The molecule has 3 nitrogen and oxygen atoms in total. The Bertz CT molecular complexity index is 959. The van der Waals surface area contributed by atoms with E-state index < -0.39 is 6.10 Å². The standard InChI is InChI=1S/C22H21Cl2NO2S/c1-15(27-21-8-4-6-17-5-2-3-7-18(17)21)22(26)25-11-12-28-14-16-9-10-19(23)20(24)13-16/h2-10,13,15H,11-12,14H2,1H3,(H,25,26)/t15-/m1/s1. The van der Waals surface area contributed by atoms with Crippen LogP contribution in [-0.4, -0.2) is 24.3 Å². The molecule has 3 aromatic rings. The van der Waals surface area contributed by atoms with Crippen LogP contribution in [0.15, 0.2) is 60.7 Å². The zero-order valence-electron chi connectivity index (χ0n) is 15.5. The summed E-state index contributed by atoms with van der Waals surface area (Å²) in [7, 11) is 0. The van der Waals surface area contributed by atoms with Gasteiger partial charge < -0.3 is 10.1 Å². The van der Waals surface area contributed by atoms with Crippen molar-refractivity contribution in [2.45, 2.75) is 18.8 Å². The molecule has 28 heavy (non-hydrogen) atoms. The second kappa shape index (κ2) is 10.1. The van der Waals surface area contributed by atoms with Crippen LogP contribution in [0, 0.1) is 0 Å². The largest absolute Gasteiger partial charge is 0.480 e. The van der Waals surface area contributed by atoms with Crippen LogP contribution in [0.2, 0.25) is 10.0 Å². The molecule has 0 fully saturated rings. The fourth-order valence-corrected chi connectivity index (χ4v) is 3.88. The number of nitrogens with one attached hydrogen (secondary N) is 1. The molecule has 1 amide bonds. The predicted octanol–water partition coefficient (Wildman–Crippen LogP) is 5.96. The lowest BCUT2D eigenvalue weighted by molar-refractivity contribution is -0.127. The van der Waals surface area contributed by atoms with E-state index in [-0.39, 0.29) is 5.91 Å². The van der Waals surface area contributed by atoms with E-state index in [4.69, 9.17) is 27.9 Å². The number of fused-ring (bicyclic) bond motifs is 1. The summed E-state index contributed by atoms with van der Waals surface area (Å²) >= 11 is 13.7. The first-order valence-electron chi connectivity index (χ1n) is 8.98. The van der Waals surface area contributed by atoms with Crippen molar-refractivity contribution in [1.82, 2.24) is 5.32 Å². The molecular weight excluding hydrogens is 413 g/mol. The van der Waals surface area contributed by atoms with Crippen molar-refractivity contribution in [3.8, 4) is 5.75 Å². The van der Waals surface area contributed by atoms with Gasteiger partial charge in [-0.3, -0.25) is 4.79 Å². The van der Waals surface area contributed by atoms with Gasteiger partial charge in [0.2, 0.25) is 0 Å². The monoisotopic (exact) mass is 433 g/mol. The zero-order chi connectivity index (χ0) is 19.9. The van der Waals surface area contributed by atoms with Crippen LogP contribution in [0.25, 0.3) is 10.8 Å². The number of amides is 1. The van der Waals surface area contributed by atoms with Crippen molar-refractivity contribution >= 4 is 51.6 Å². The molecule has 0 saturated heterocycles. The van der Waals surface area contributed by atoms with Gasteiger partial charge in [0.1, 0.15) is 5.75 Å². The molecular formula is C22H21Cl2NO2S. The van der Waals surface area contributed by atoms with Crippen LogP contribution in [-0.2, 0) is 10.5 Å². The van der Waals surface area contributed by atoms with Gasteiger partial charge >= 0.3 is 0 Å². The summed E-state index contributed by atoms with van der Waals surface area (Å²) < 4.78 is 5.89. The molecule has 0 bridgehead atoms. The van der Waals surface area contributed by atoms with Gasteiger partial charge in [-0.25, -0.2) is 0 Å². The van der Waals surface area contributed by atoms with Crippen LogP contribution in [0.5, 0.6) is 5.75 Å². The van der Waals surface area contributed by atoms with E-state index in [9.17, 15) is 4.79 Å². The summed E-state index contributed by atoms with van der Waals surface area (Å²) in [5.74, 6) is 2.21. The molecule has 0 unspecified atom stereocenters. The van der Waals surface area contributed by atoms with E-state index in [0.717, 1.165) is 33.6 Å². The number of benzene rings is 3. The maximum Gasteiger partial charge on any atom is 0.260 e. The zero-order valence-corrected chi connectivity index (χ0v) is 17.8. The number of halogens is 2. The Balaban J connectivity index is 1.43. The van der Waals surface area contributed by atoms with Gasteiger partial charge in [0, 0.05) is 23.4 Å². The number of thioether (sulfide) groups is 1. The van der Waals surface area contributed by atoms with Crippen molar-refractivity contribution in [2.75, 3.05) is 12.3 Å². The normalized spacial score (nSPS) is 12.0. The quantitative estimate of drug-likeness (QED) is 0.445. The molecule has 3 rings (SSSR count). The molecule has 0 spiro atoms. The van der Waals surface area contributed by atoms with Crippen LogP contribution >= 0.6 is 35.0 Å². The Morgan fingerprint density at radius 1 is 1.07 bits per heavy atom. The van der Waals surface area contributed by atoms with Crippen molar-refractivity contribution in [3.63, 3.8) is 0 Å². The summed E-state index contributed by atoms with van der Waals surface area (Å²) in [5, 5.41) is 6.14. The van der Waals surface area contributed by atoms with Crippen LogP contribution < -0.4 is 10.1 Å². The number of carbonyl (C=O) groups excluding carboxylic acids is 1. The summed E-state index contributed by atoms with van der Waals surface area (Å²) in [6.07, 6.45) is -0.564. The molecule has 0 aliphatic rings. The Morgan fingerprint density at radius 2 is 1.86 bits per heavy atom. The molecule has 0 aliphatic carbocycles. The number of hydrogen-bond donors (Lipinski definition) is 1. The first-order valence-corrected chi connectivity index (χ1v) is 10.9. The highest BCUT2D eigenvalue weighted by molar-refractivity contribution is 7.98. The predicted molar refractivity (Wildman–Crippen MR) is 120 cm³/mol. The molecule has 6 heteroatoms. The molecule has 3 aromatic carbocycles. The summed E-state index contributed by atoms with van der Waals surface area (Å²) in [4.78, 5) is 12.3. The Labute approximate surface area is 179 Å². The highest BCUT2D eigenvalue weighted by atomic mass is 35.5. The van der Waals surface area contributed by atoms with Crippen LogP contribution in [0.4, 0.5) is 0 Å². The fourth-order valence-electron chi connectivity index (χ4n) is 2.75. The van der Waals surface area contributed by atoms with E-state index in [2.05, 4.69) is 5.32 Å². The van der Waals surface area contributed by atoms with Crippen LogP contribution in [0.3, 0.4) is 0 Å². The molecule has 0 aromatic heterocycles. The number of carbonyl (C=O) groups is 1. The molecule has 0 heterocycles. The fraction of sp³-hybridized carbons (Fsp3) is 0.227. The first kappa shape index (κ1) is 20.8. The second-order valence-electron chi connectivity index (χ2n) is 6.33. The van der Waals surface area contributed by atoms with E-state index in [0.29, 0.717) is 16.6 Å². The lowest BCUT2D eigenvalue weighted by Gasteiger charge is -2.16. The summed E-state index contributed by atoms with van der Waals surface area (Å²) in [6.45, 7) is 2.34. The molecule has 1 N–H and O–H groups in total. The average molecular weight is 434 g/mol. The molecule has 0 aliphatic heterocycles. The van der Waals surface area contributed by atoms with Crippen molar-refractivity contribution in [1.29, 1.82) is 0 Å². The maximum absolute atomic E-state index is 12.3. The third-order valence-corrected chi connectivity index (χ3v) is 5.99. The van der Waals surface area contributed by atoms with Gasteiger partial charge in [-0.05, 0) is 36.1 Å². The van der Waals surface area contributed by atoms with E-state index >= 15 is 0 Å². The molecule has 0 saturated carbocycles. The average Bonchev–Trinajstić information content (AvgIpc) is 2.70. The van der Waals surface area contributed by atoms with Gasteiger partial charge in [-0.2, -0.15) is 11.8 Å². The first-order chi connectivity index (χ1) is 13.5. The van der Waals surface area contributed by atoms with Crippen molar-refractivity contribution in [2.24, 2.45) is 0 Å². The Morgan fingerprint density at radius 3 is 2.68 bits per heavy atom. The van der Waals surface area contributed by atoms with Gasteiger partial charge in [0.05, 0.1) is 10.0 Å². The second-order valence-corrected chi connectivity index (χ2v) is 8.25.